The molecule has 1 saturated heterocycles. The molecule has 1 aromatic heterocycles. The third kappa shape index (κ3) is 4.59. The molecule has 0 atom stereocenters. The van der Waals surface area contributed by atoms with Crippen molar-refractivity contribution in [3.63, 3.8) is 0 Å². The fourth-order valence-electron chi connectivity index (χ4n) is 2.40. The zero-order valence-electron chi connectivity index (χ0n) is 15.1. The Kier molecular flexibility index (Phi) is 5.85. The molecule has 0 radical (unpaired) electrons. The lowest BCUT2D eigenvalue weighted by Crippen LogP contribution is -2.37. The normalized spacial score (nSPS) is 15.1. The molecular weight excluding hydrogens is 354 g/mol. The largest absolute Gasteiger partial charge is 0.378 e. The van der Waals surface area contributed by atoms with Gasteiger partial charge >= 0.3 is 0 Å². The van der Waals surface area contributed by atoms with Gasteiger partial charge in [0.05, 0.1) is 18.9 Å². The number of hydrogen-bond acceptors (Lipinski definition) is 8. The van der Waals surface area contributed by atoms with Gasteiger partial charge in [-0.1, -0.05) is 23.7 Å². The average Bonchev–Trinajstić information content (AvgIpc) is 2.67. The van der Waals surface area contributed by atoms with Crippen molar-refractivity contribution in [2.24, 2.45) is 5.10 Å². The summed E-state index contributed by atoms with van der Waals surface area (Å²) in [6.07, 6.45) is 0. The van der Waals surface area contributed by atoms with Crippen molar-refractivity contribution < 1.29 is 4.74 Å². The number of halogens is 1. The molecule has 9 heteroatoms. The molecule has 2 aromatic rings. The van der Waals surface area contributed by atoms with E-state index in [2.05, 4.69) is 30.4 Å². The minimum atomic E-state index is 0.401. The quantitative estimate of drug-likeness (QED) is 0.634. The van der Waals surface area contributed by atoms with E-state index in [0.717, 1.165) is 24.4 Å². The molecule has 0 unspecified atom stereocenters. The summed E-state index contributed by atoms with van der Waals surface area (Å²) in [4.78, 5) is 17.4. The first kappa shape index (κ1) is 18.3. The SMILES string of the molecule is C/C(=N/Nc1nc(N(C)C)nc(N2CCOCC2)n1)c1ccc(Cl)cc1. The van der Waals surface area contributed by atoms with Crippen LogP contribution in [0.5, 0.6) is 0 Å². The number of hydrogen-bond donors (Lipinski definition) is 1. The van der Waals surface area contributed by atoms with Gasteiger partial charge in [0.1, 0.15) is 0 Å². The lowest BCUT2D eigenvalue weighted by atomic mass is 10.1. The first-order valence-electron chi connectivity index (χ1n) is 8.35. The van der Waals surface area contributed by atoms with E-state index in [0.29, 0.717) is 36.1 Å². The highest BCUT2D eigenvalue weighted by Crippen LogP contribution is 2.17. The van der Waals surface area contributed by atoms with Crippen LogP contribution in [0.15, 0.2) is 29.4 Å². The number of rotatable bonds is 5. The van der Waals surface area contributed by atoms with Crippen LogP contribution < -0.4 is 15.2 Å². The third-order valence-electron chi connectivity index (χ3n) is 3.89. The molecule has 138 valence electrons. The molecule has 2 heterocycles. The highest BCUT2D eigenvalue weighted by molar-refractivity contribution is 6.30. The molecule has 1 aliphatic rings. The number of morpholine rings is 1. The smallest absolute Gasteiger partial charge is 0.250 e. The summed E-state index contributed by atoms with van der Waals surface area (Å²) in [6.45, 7) is 4.75. The Bertz CT molecular complexity index is 773. The molecule has 8 nitrogen and oxygen atoms in total. The van der Waals surface area contributed by atoms with Crippen molar-refractivity contribution in [2.45, 2.75) is 6.92 Å². The van der Waals surface area contributed by atoms with Gasteiger partial charge in [0, 0.05) is 32.2 Å². The summed E-state index contributed by atoms with van der Waals surface area (Å²) in [5, 5.41) is 5.08. The van der Waals surface area contributed by atoms with Gasteiger partial charge in [-0.2, -0.15) is 20.1 Å². The van der Waals surface area contributed by atoms with E-state index in [9.17, 15) is 0 Å². The van der Waals surface area contributed by atoms with Gasteiger partial charge in [-0.3, -0.25) is 0 Å². The van der Waals surface area contributed by atoms with Crippen molar-refractivity contribution >= 4 is 35.2 Å². The van der Waals surface area contributed by atoms with Crippen LogP contribution in [0.2, 0.25) is 5.02 Å². The van der Waals surface area contributed by atoms with E-state index >= 15 is 0 Å². The molecule has 0 aliphatic carbocycles. The van der Waals surface area contributed by atoms with E-state index in [-0.39, 0.29) is 0 Å². The fraction of sp³-hybridized carbons (Fsp3) is 0.412. The van der Waals surface area contributed by atoms with E-state index in [1.54, 1.807) is 0 Å². The van der Waals surface area contributed by atoms with Crippen LogP contribution in [-0.2, 0) is 4.74 Å². The Hall–Kier alpha value is -2.45. The van der Waals surface area contributed by atoms with E-state index < -0.39 is 0 Å². The zero-order chi connectivity index (χ0) is 18.5. The van der Waals surface area contributed by atoms with E-state index in [4.69, 9.17) is 16.3 Å². The van der Waals surface area contributed by atoms with Crippen LogP contribution in [0.4, 0.5) is 17.8 Å². The molecule has 3 rings (SSSR count). The van der Waals surface area contributed by atoms with Gasteiger partial charge in [-0.15, -0.1) is 0 Å². The standard InChI is InChI=1S/C17H22ClN7O/c1-12(13-4-6-14(18)7-5-13)22-23-15-19-16(24(2)3)21-17(20-15)25-8-10-26-11-9-25/h4-7H,8-11H2,1-3H3,(H,19,20,21,23)/b22-12-. The number of nitrogens with one attached hydrogen (secondary N) is 1. The molecular formula is C17H22ClN7O. The minimum Gasteiger partial charge on any atom is -0.378 e. The topological polar surface area (TPSA) is 78.8 Å². The van der Waals surface area contributed by atoms with Gasteiger partial charge in [0.2, 0.25) is 17.8 Å². The number of benzene rings is 1. The van der Waals surface area contributed by atoms with Gasteiger partial charge in [0.25, 0.3) is 0 Å². The molecule has 1 fully saturated rings. The molecule has 0 saturated carbocycles. The van der Waals surface area contributed by atoms with Crippen LogP contribution in [0, 0.1) is 0 Å². The second-order valence-electron chi connectivity index (χ2n) is 6.07. The summed E-state index contributed by atoms with van der Waals surface area (Å²) in [6, 6.07) is 7.50. The molecule has 1 N–H and O–H groups in total. The summed E-state index contributed by atoms with van der Waals surface area (Å²) < 4.78 is 5.40. The second kappa shape index (κ2) is 8.29. The van der Waals surface area contributed by atoms with Gasteiger partial charge in [-0.25, -0.2) is 5.43 Å². The van der Waals surface area contributed by atoms with Gasteiger partial charge in [-0.05, 0) is 24.6 Å². The highest BCUT2D eigenvalue weighted by atomic mass is 35.5. The predicted octanol–water partition coefficient (Wildman–Crippen LogP) is 2.26. The molecule has 1 aliphatic heterocycles. The predicted molar refractivity (Wildman–Crippen MR) is 104 cm³/mol. The summed E-state index contributed by atoms with van der Waals surface area (Å²) in [5.41, 5.74) is 4.72. The first-order chi connectivity index (χ1) is 12.5. The Balaban J connectivity index is 1.82. The van der Waals surface area contributed by atoms with Crippen molar-refractivity contribution in [3.8, 4) is 0 Å². The molecule has 0 spiro atoms. The second-order valence-corrected chi connectivity index (χ2v) is 6.51. The zero-order valence-corrected chi connectivity index (χ0v) is 15.9. The lowest BCUT2D eigenvalue weighted by molar-refractivity contribution is 0.122. The van der Waals surface area contributed by atoms with Crippen molar-refractivity contribution in [2.75, 3.05) is 55.6 Å². The van der Waals surface area contributed by atoms with Crippen LogP contribution >= 0.6 is 11.6 Å². The monoisotopic (exact) mass is 375 g/mol. The van der Waals surface area contributed by atoms with Crippen LogP contribution in [0.1, 0.15) is 12.5 Å². The number of hydrazone groups is 1. The maximum absolute atomic E-state index is 5.93. The molecule has 0 bridgehead atoms. The maximum atomic E-state index is 5.93. The van der Waals surface area contributed by atoms with Crippen LogP contribution in [0.3, 0.4) is 0 Å². The minimum absolute atomic E-state index is 0.401. The fourth-order valence-corrected chi connectivity index (χ4v) is 2.52. The average molecular weight is 376 g/mol. The Morgan fingerprint density at radius 3 is 2.50 bits per heavy atom. The Morgan fingerprint density at radius 1 is 1.15 bits per heavy atom. The molecule has 26 heavy (non-hydrogen) atoms. The Morgan fingerprint density at radius 2 is 1.85 bits per heavy atom. The third-order valence-corrected chi connectivity index (χ3v) is 4.14. The Labute approximate surface area is 157 Å². The number of aromatic nitrogens is 3. The van der Waals surface area contributed by atoms with Crippen molar-refractivity contribution in [1.29, 1.82) is 0 Å². The maximum Gasteiger partial charge on any atom is 0.250 e. The van der Waals surface area contributed by atoms with Gasteiger partial charge < -0.3 is 14.5 Å². The van der Waals surface area contributed by atoms with Gasteiger partial charge in [0.15, 0.2) is 0 Å². The van der Waals surface area contributed by atoms with E-state index in [1.165, 1.54) is 0 Å². The number of ether oxygens (including phenoxy) is 1. The molecule has 1 aromatic carbocycles. The van der Waals surface area contributed by atoms with Crippen LogP contribution in [-0.4, -0.2) is 61.1 Å². The highest BCUT2D eigenvalue weighted by Gasteiger charge is 2.17. The van der Waals surface area contributed by atoms with Crippen molar-refractivity contribution in [3.05, 3.63) is 34.9 Å². The van der Waals surface area contributed by atoms with Crippen molar-refractivity contribution in [1.82, 2.24) is 15.0 Å². The summed E-state index contributed by atoms with van der Waals surface area (Å²) in [5.74, 6) is 1.59. The molecule has 0 amide bonds. The van der Waals surface area contributed by atoms with E-state index in [1.807, 2.05) is 50.2 Å². The summed E-state index contributed by atoms with van der Waals surface area (Å²) >= 11 is 5.93. The number of anilines is 3. The van der Waals surface area contributed by atoms with Crippen LogP contribution in [0.25, 0.3) is 0 Å². The first-order valence-corrected chi connectivity index (χ1v) is 8.73. The summed E-state index contributed by atoms with van der Waals surface area (Å²) in [7, 11) is 3.79. The number of nitrogens with zero attached hydrogens (tertiary/aromatic N) is 6. The lowest BCUT2D eigenvalue weighted by Gasteiger charge is -2.27.